The summed E-state index contributed by atoms with van der Waals surface area (Å²) in [5, 5.41) is 3.01. The monoisotopic (exact) mass is 269 g/mol. The molecule has 0 aliphatic rings. The van der Waals surface area contributed by atoms with E-state index in [1.54, 1.807) is 0 Å². The Morgan fingerprint density at radius 2 is 1.37 bits per heavy atom. The molecule has 1 N–H and O–H groups in total. The molecule has 0 unspecified atom stereocenters. The molecule has 2 nitrogen and oxygen atoms in total. The van der Waals surface area contributed by atoms with E-state index >= 15 is 0 Å². The smallest absolute Gasteiger partial charge is 0.225 e. The van der Waals surface area contributed by atoms with Crippen LogP contribution < -0.4 is 5.32 Å². The van der Waals surface area contributed by atoms with Gasteiger partial charge in [-0.3, -0.25) is 4.79 Å². The molecule has 0 saturated carbocycles. The first kappa shape index (κ1) is 18.5. The lowest BCUT2D eigenvalue weighted by atomic mass is 9.85. The summed E-state index contributed by atoms with van der Waals surface area (Å²) in [6.45, 7) is 9.29. The van der Waals surface area contributed by atoms with Gasteiger partial charge in [-0.25, -0.2) is 0 Å². The molecule has 114 valence electrons. The maximum Gasteiger partial charge on any atom is 0.225 e. The molecule has 0 aromatic carbocycles. The molecule has 0 atom stereocenters. The minimum Gasteiger partial charge on any atom is -0.356 e. The maximum absolute atomic E-state index is 12.0. The van der Waals surface area contributed by atoms with Gasteiger partial charge in [0.05, 0.1) is 0 Å². The standard InChI is InChI=1S/C17H35NO/c1-5-7-8-9-10-11-12-13-14-17(3,4)16(19)18-15-6-2/h5-15H2,1-4H3,(H,18,19). The Bertz CT molecular complexity index is 223. The number of unbranched alkanes of at least 4 members (excludes halogenated alkanes) is 7. The van der Waals surface area contributed by atoms with E-state index in [0.717, 1.165) is 19.4 Å². The van der Waals surface area contributed by atoms with Crippen LogP contribution in [-0.4, -0.2) is 12.5 Å². The number of carbonyl (C=O) groups excluding carboxylic acids is 1. The van der Waals surface area contributed by atoms with Crippen molar-refractivity contribution in [1.29, 1.82) is 0 Å². The van der Waals surface area contributed by atoms with Gasteiger partial charge in [0.25, 0.3) is 0 Å². The number of rotatable bonds is 12. The molecule has 0 rings (SSSR count). The van der Waals surface area contributed by atoms with E-state index in [-0.39, 0.29) is 11.3 Å². The predicted octanol–water partition coefficient (Wildman–Crippen LogP) is 5.07. The van der Waals surface area contributed by atoms with Gasteiger partial charge in [-0.1, -0.05) is 79.1 Å². The predicted molar refractivity (Wildman–Crippen MR) is 84.3 cm³/mol. The van der Waals surface area contributed by atoms with Crippen molar-refractivity contribution in [2.24, 2.45) is 5.41 Å². The lowest BCUT2D eigenvalue weighted by molar-refractivity contribution is -0.129. The second-order valence-corrected chi connectivity index (χ2v) is 6.36. The molecule has 0 aliphatic carbocycles. The van der Waals surface area contributed by atoms with E-state index in [0.29, 0.717) is 0 Å². The molecule has 0 heterocycles. The fourth-order valence-electron chi connectivity index (χ4n) is 2.29. The Labute approximate surface area is 120 Å². The summed E-state index contributed by atoms with van der Waals surface area (Å²) >= 11 is 0. The van der Waals surface area contributed by atoms with E-state index in [9.17, 15) is 4.79 Å². The first-order valence-corrected chi connectivity index (χ1v) is 8.33. The summed E-state index contributed by atoms with van der Waals surface area (Å²) in [7, 11) is 0. The SMILES string of the molecule is CCCCCCCCCCC(C)(C)C(=O)NCCC. The highest BCUT2D eigenvalue weighted by atomic mass is 16.2. The van der Waals surface area contributed by atoms with Gasteiger partial charge in [0.1, 0.15) is 0 Å². The van der Waals surface area contributed by atoms with Crippen molar-refractivity contribution in [3.63, 3.8) is 0 Å². The molecule has 0 aromatic rings. The molecule has 2 heteroatoms. The molecule has 19 heavy (non-hydrogen) atoms. The van der Waals surface area contributed by atoms with Crippen LogP contribution in [0.5, 0.6) is 0 Å². The van der Waals surface area contributed by atoms with Crippen LogP contribution in [0.25, 0.3) is 0 Å². The fourth-order valence-corrected chi connectivity index (χ4v) is 2.29. The van der Waals surface area contributed by atoms with Gasteiger partial charge in [0.15, 0.2) is 0 Å². The Morgan fingerprint density at radius 1 is 0.842 bits per heavy atom. The molecule has 0 fully saturated rings. The van der Waals surface area contributed by atoms with E-state index in [4.69, 9.17) is 0 Å². The van der Waals surface area contributed by atoms with E-state index < -0.39 is 0 Å². The third-order valence-corrected chi connectivity index (χ3v) is 3.81. The van der Waals surface area contributed by atoms with Crippen LogP contribution in [-0.2, 0) is 4.79 Å². The molecular formula is C17H35NO. The van der Waals surface area contributed by atoms with Crippen LogP contribution in [0, 0.1) is 5.41 Å². The summed E-state index contributed by atoms with van der Waals surface area (Å²) in [6, 6.07) is 0. The van der Waals surface area contributed by atoms with Crippen LogP contribution >= 0.6 is 0 Å². The first-order valence-electron chi connectivity index (χ1n) is 8.33. The summed E-state index contributed by atoms with van der Waals surface area (Å²) in [4.78, 5) is 12.0. The molecule has 0 spiro atoms. The third kappa shape index (κ3) is 9.98. The lowest BCUT2D eigenvalue weighted by Crippen LogP contribution is -2.37. The van der Waals surface area contributed by atoms with Crippen LogP contribution in [0.2, 0.25) is 0 Å². The molecule has 0 aromatic heterocycles. The Kier molecular flexibility index (Phi) is 11.0. The number of hydrogen-bond acceptors (Lipinski definition) is 1. The highest BCUT2D eigenvalue weighted by Gasteiger charge is 2.26. The van der Waals surface area contributed by atoms with Crippen molar-refractivity contribution in [3.05, 3.63) is 0 Å². The number of amides is 1. The van der Waals surface area contributed by atoms with Crippen LogP contribution in [0.4, 0.5) is 0 Å². The third-order valence-electron chi connectivity index (χ3n) is 3.81. The van der Waals surface area contributed by atoms with Gasteiger partial charge in [-0.05, 0) is 12.8 Å². The average Bonchev–Trinajstić information content (AvgIpc) is 2.38. The van der Waals surface area contributed by atoms with Crippen molar-refractivity contribution in [3.8, 4) is 0 Å². The summed E-state index contributed by atoms with van der Waals surface area (Å²) in [5.74, 6) is 0.220. The van der Waals surface area contributed by atoms with Crippen molar-refractivity contribution < 1.29 is 4.79 Å². The van der Waals surface area contributed by atoms with Crippen molar-refractivity contribution >= 4 is 5.91 Å². The molecule has 1 amide bonds. The van der Waals surface area contributed by atoms with Gasteiger partial charge in [-0.2, -0.15) is 0 Å². The minimum absolute atomic E-state index is 0.197. The number of nitrogens with one attached hydrogen (secondary N) is 1. The van der Waals surface area contributed by atoms with E-state index in [1.165, 1.54) is 51.4 Å². The topological polar surface area (TPSA) is 29.1 Å². The zero-order chi connectivity index (χ0) is 14.6. The van der Waals surface area contributed by atoms with Crippen molar-refractivity contribution in [2.75, 3.05) is 6.54 Å². The summed E-state index contributed by atoms with van der Waals surface area (Å²) in [5.41, 5.74) is -0.197. The van der Waals surface area contributed by atoms with Crippen LogP contribution in [0.15, 0.2) is 0 Å². The van der Waals surface area contributed by atoms with E-state index in [1.807, 2.05) is 0 Å². The molecule has 0 bridgehead atoms. The Morgan fingerprint density at radius 3 is 1.89 bits per heavy atom. The van der Waals surface area contributed by atoms with Gasteiger partial charge in [0.2, 0.25) is 5.91 Å². The van der Waals surface area contributed by atoms with Crippen molar-refractivity contribution in [2.45, 2.75) is 91.9 Å². The van der Waals surface area contributed by atoms with Crippen molar-refractivity contribution in [1.82, 2.24) is 5.32 Å². The minimum atomic E-state index is -0.197. The zero-order valence-electron chi connectivity index (χ0n) is 13.7. The maximum atomic E-state index is 12.0. The molecule has 0 aliphatic heterocycles. The molecular weight excluding hydrogens is 234 g/mol. The van der Waals surface area contributed by atoms with Crippen LogP contribution in [0.3, 0.4) is 0 Å². The Hall–Kier alpha value is -0.530. The van der Waals surface area contributed by atoms with Gasteiger partial charge in [0, 0.05) is 12.0 Å². The second-order valence-electron chi connectivity index (χ2n) is 6.36. The Balaban J connectivity index is 3.55. The normalized spacial score (nSPS) is 11.6. The van der Waals surface area contributed by atoms with Gasteiger partial charge < -0.3 is 5.32 Å². The van der Waals surface area contributed by atoms with Gasteiger partial charge in [-0.15, -0.1) is 0 Å². The highest BCUT2D eigenvalue weighted by molar-refractivity contribution is 5.81. The number of carbonyl (C=O) groups is 1. The number of hydrogen-bond donors (Lipinski definition) is 1. The quantitative estimate of drug-likeness (QED) is 0.492. The fraction of sp³-hybridized carbons (Fsp3) is 0.941. The molecule has 0 radical (unpaired) electrons. The zero-order valence-corrected chi connectivity index (χ0v) is 13.7. The largest absolute Gasteiger partial charge is 0.356 e. The lowest BCUT2D eigenvalue weighted by Gasteiger charge is -2.23. The summed E-state index contributed by atoms with van der Waals surface area (Å²) in [6.07, 6.45) is 12.6. The van der Waals surface area contributed by atoms with Gasteiger partial charge >= 0.3 is 0 Å². The highest BCUT2D eigenvalue weighted by Crippen LogP contribution is 2.24. The van der Waals surface area contributed by atoms with Crippen LogP contribution in [0.1, 0.15) is 91.9 Å². The second kappa shape index (κ2) is 11.3. The molecule has 0 saturated heterocycles. The van der Waals surface area contributed by atoms with E-state index in [2.05, 4.69) is 33.0 Å². The summed E-state index contributed by atoms with van der Waals surface area (Å²) < 4.78 is 0. The average molecular weight is 269 g/mol. The first-order chi connectivity index (χ1) is 9.04.